The number of nitrogens with one attached hydrogen (secondary N) is 2. The highest BCUT2D eigenvalue weighted by Gasteiger charge is 2.47. The van der Waals surface area contributed by atoms with Crippen molar-refractivity contribution in [3.8, 4) is 5.75 Å². The second-order valence-corrected chi connectivity index (χ2v) is 12.9. The molecule has 2 atom stereocenters. The molecule has 4 aliphatic rings. The van der Waals surface area contributed by atoms with Crippen molar-refractivity contribution in [1.82, 2.24) is 5.32 Å². The van der Waals surface area contributed by atoms with Gasteiger partial charge < -0.3 is 21.5 Å². The van der Waals surface area contributed by atoms with Crippen molar-refractivity contribution in [2.75, 3.05) is 32.0 Å². The molecule has 5 heteroatoms. The number of allylic oxidation sites excluding steroid dienone is 4. The highest BCUT2D eigenvalue weighted by Crippen LogP contribution is 2.62. The molecular weight excluding hydrogens is 504 g/mol. The summed E-state index contributed by atoms with van der Waals surface area (Å²) in [7, 11) is 2.00. The minimum Gasteiger partial charge on any atom is -0.508 e. The Labute approximate surface area is 246 Å². The molecule has 0 bridgehead atoms. The number of hydrogen-bond donors (Lipinski definition) is 4. The zero-order valence-corrected chi connectivity index (χ0v) is 24.9. The van der Waals surface area contributed by atoms with Crippen LogP contribution in [0.3, 0.4) is 0 Å². The van der Waals surface area contributed by atoms with Crippen LogP contribution in [-0.2, 0) is 12.8 Å². The molecule has 0 aromatic heterocycles. The number of rotatable bonds is 11. The van der Waals surface area contributed by atoms with Crippen molar-refractivity contribution in [1.29, 1.82) is 0 Å². The quantitative estimate of drug-likeness (QED) is 0.173. The van der Waals surface area contributed by atoms with Crippen LogP contribution >= 0.6 is 0 Å². The number of benzene rings is 2. The molecule has 41 heavy (non-hydrogen) atoms. The summed E-state index contributed by atoms with van der Waals surface area (Å²) in [6, 6.07) is 11.0. The van der Waals surface area contributed by atoms with E-state index in [-0.39, 0.29) is 0 Å². The normalized spacial score (nSPS) is 21.6. The van der Waals surface area contributed by atoms with Crippen LogP contribution in [0.25, 0.3) is 5.57 Å². The van der Waals surface area contributed by atoms with E-state index in [4.69, 9.17) is 5.73 Å². The number of hydrogen-bond acceptors (Lipinski definition) is 5. The Morgan fingerprint density at radius 2 is 1.90 bits per heavy atom. The maximum atomic E-state index is 10.6. The average molecular weight is 553 g/mol. The first-order valence-electron chi connectivity index (χ1n) is 16.1. The number of phenolic OH excluding ortho intramolecular Hbond substituents is 1. The topological polar surface area (TPSA) is 82.7 Å². The third kappa shape index (κ3) is 5.28. The van der Waals surface area contributed by atoms with Crippen LogP contribution in [0.2, 0.25) is 0 Å². The fraction of sp³-hybridized carbons (Fsp3) is 0.528. The van der Waals surface area contributed by atoms with E-state index in [2.05, 4.69) is 52.7 Å². The zero-order valence-electron chi connectivity index (χ0n) is 24.9. The molecule has 5 nitrogen and oxygen atoms in total. The van der Waals surface area contributed by atoms with Crippen molar-refractivity contribution >= 4 is 23.7 Å². The molecular formula is C36H48N4O. The molecule has 6 rings (SSSR count). The molecule has 2 unspecified atom stereocenters. The summed E-state index contributed by atoms with van der Waals surface area (Å²) in [6.45, 7) is 6.43. The van der Waals surface area contributed by atoms with Gasteiger partial charge in [0.1, 0.15) is 5.75 Å². The first-order valence-corrected chi connectivity index (χ1v) is 16.1. The zero-order chi connectivity index (χ0) is 28.4. The number of fused-ring (bicyclic) bond motifs is 2. The summed E-state index contributed by atoms with van der Waals surface area (Å²) >= 11 is 0. The summed E-state index contributed by atoms with van der Waals surface area (Å²) in [5, 5.41) is 17.5. The summed E-state index contributed by atoms with van der Waals surface area (Å²) < 4.78 is 0. The van der Waals surface area contributed by atoms with E-state index in [0.717, 1.165) is 63.0 Å². The fourth-order valence-corrected chi connectivity index (χ4v) is 8.55. The van der Waals surface area contributed by atoms with E-state index in [1.54, 1.807) is 11.1 Å². The van der Waals surface area contributed by atoms with E-state index >= 15 is 0 Å². The Morgan fingerprint density at radius 3 is 2.68 bits per heavy atom. The predicted octanol–water partition coefficient (Wildman–Crippen LogP) is 7.42. The second kappa shape index (κ2) is 12.1. The van der Waals surface area contributed by atoms with Crippen LogP contribution in [0.1, 0.15) is 92.4 Å². The molecule has 0 amide bonds. The lowest BCUT2D eigenvalue weighted by Gasteiger charge is -2.36. The van der Waals surface area contributed by atoms with Gasteiger partial charge in [0.15, 0.2) is 0 Å². The van der Waals surface area contributed by atoms with Crippen LogP contribution in [-0.4, -0.2) is 38.5 Å². The van der Waals surface area contributed by atoms with Gasteiger partial charge in [-0.15, -0.1) is 0 Å². The number of aliphatic imine (C=N–C) groups is 1. The third-order valence-electron chi connectivity index (χ3n) is 10.6. The maximum Gasteiger partial charge on any atom is 0.119 e. The van der Waals surface area contributed by atoms with Gasteiger partial charge in [0.2, 0.25) is 0 Å². The summed E-state index contributed by atoms with van der Waals surface area (Å²) in [6.07, 6.45) is 16.8. The number of aromatic hydroxyl groups is 1. The van der Waals surface area contributed by atoms with Crippen LogP contribution in [0.5, 0.6) is 5.75 Å². The van der Waals surface area contributed by atoms with E-state index in [1.165, 1.54) is 66.4 Å². The Balaban J connectivity index is 1.34. The number of phenols is 1. The fourth-order valence-electron chi connectivity index (χ4n) is 8.55. The van der Waals surface area contributed by atoms with Gasteiger partial charge in [-0.2, -0.15) is 0 Å². The van der Waals surface area contributed by atoms with Gasteiger partial charge >= 0.3 is 0 Å². The Kier molecular flexibility index (Phi) is 8.37. The number of nitrogens with two attached hydrogens (primary N) is 1. The van der Waals surface area contributed by atoms with Gasteiger partial charge in [-0.05, 0) is 154 Å². The minimum atomic E-state index is 0.348. The molecule has 4 aliphatic carbocycles. The Hall–Kier alpha value is -2.89. The molecule has 1 fully saturated rings. The van der Waals surface area contributed by atoms with Crippen molar-refractivity contribution in [2.24, 2.45) is 22.1 Å². The third-order valence-corrected chi connectivity index (χ3v) is 10.6. The molecule has 0 aliphatic heterocycles. The van der Waals surface area contributed by atoms with Gasteiger partial charge in [-0.25, -0.2) is 0 Å². The van der Waals surface area contributed by atoms with E-state index in [1.807, 2.05) is 13.1 Å². The van der Waals surface area contributed by atoms with Crippen LogP contribution in [0.15, 0.2) is 52.5 Å². The van der Waals surface area contributed by atoms with E-state index in [9.17, 15) is 5.11 Å². The molecule has 0 heterocycles. The lowest BCUT2D eigenvalue weighted by Crippen LogP contribution is -2.24. The molecule has 5 N–H and O–H groups in total. The van der Waals surface area contributed by atoms with E-state index < -0.39 is 0 Å². The van der Waals surface area contributed by atoms with Gasteiger partial charge in [0, 0.05) is 12.5 Å². The molecule has 218 valence electrons. The molecule has 2 aromatic carbocycles. The van der Waals surface area contributed by atoms with Crippen molar-refractivity contribution in [2.45, 2.75) is 83.0 Å². The second-order valence-electron chi connectivity index (χ2n) is 12.9. The molecule has 1 spiro atoms. The predicted molar refractivity (Wildman–Crippen MR) is 172 cm³/mol. The van der Waals surface area contributed by atoms with Crippen molar-refractivity contribution in [3.63, 3.8) is 0 Å². The summed E-state index contributed by atoms with van der Waals surface area (Å²) in [5.41, 5.74) is 18.6. The molecule has 2 aromatic rings. The largest absolute Gasteiger partial charge is 0.508 e. The number of anilines is 1. The summed E-state index contributed by atoms with van der Waals surface area (Å²) in [5.74, 6) is 1.32. The maximum absolute atomic E-state index is 10.6. The summed E-state index contributed by atoms with van der Waals surface area (Å²) in [4.78, 5) is 4.37. The van der Waals surface area contributed by atoms with Gasteiger partial charge in [0.25, 0.3) is 0 Å². The van der Waals surface area contributed by atoms with Gasteiger partial charge in [-0.1, -0.05) is 36.6 Å². The highest BCUT2D eigenvalue weighted by atomic mass is 16.3. The van der Waals surface area contributed by atoms with Crippen LogP contribution < -0.4 is 16.4 Å². The van der Waals surface area contributed by atoms with Crippen molar-refractivity contribution < 1.29 is 5.11 Å². The molecule has 0 radical (unpaired) electrons. The SMILES string of the molecule is C=Nc1ccc(C2CC=C(c3ccc(O)c4c3CCC4)C3=C2C2(CCCC2)CC3)cc1NCC(CN)CCCNC. The lowest BCUT2D eigenvalue weighted by molar-refractivity contribution is 0.345. The highest BCUT2D eigenvalue weighted by molar-refractivity contribution is 5.86. The van der Waals surface area contributed by atoms with E-state index in [0.29, 0.717) is 29.5 Å². The molecule has 1 saturated carbocycles. The monoisotopic (exact) mass is 552 g/mol. The lowest BCUT2D eigenvalue weighted by atomic mass is 9.68. The first kappa shape index (κ1) is 28.2. The van der Waals surface area contributed by atoms with Crippen LogP contribution in [0.4, 0.5) is 11.4 Å². The smallest absolute Gasteiger partial charge is 0.119 e. The minimum absolute atomic E-state index is 0.348. The Morgan fingerprint density at radius 1 is 1.07 bits per heavy atom. The standard InChI is InChI=1S/C36H48N4O/c1-38-20-6-7-24(22-37)23-40-33-21-25(10-14-32(33)39-2)26-11-12-29(28-13-15-34(41)30-9-5-8-27(28)30)31-16-19-36(35(26)31)17-3-4-18-36/h10,12-15,21,24,26,38,40-41H,2-9,11,16-20,22-23,37H2,1H3. The average Bonchev–Trinajstić information content (AvgIpc) is 3.77. The molecule has 0 saturated heterocycles. The number of nitrogens with zero attached hydrogens (tertiary/aromatic N) is 1. The Bertz CT molecular complexity index is 1350. The first-order chi connectivity index (χ1) is 20.1. The van der Waals surface area contributed by atoms with Gasteiger partial charge in [-0.3, -0.25) is 4.99 Å². The van der Waals surface area contributed by atoms with Crippen LogP contribution in [0, 0.1) is 11.3 Å². The van der Waals surface area contributed by atoms with Gasteiger partial charge in [0.05, 0.1) is 11.4 Å². The van der Waals surface area contributed by atoms with Crippen molar-refractivity contribution in [3.05, 3.63) is 69.8 Å².